The SMILES string of the molecule is CC(C)(C)OC(=O)N1CCC(C(=O)O)CC1.CC(C)(C)OC(=O)N1CCC2(CC1)C(=O)N(Cc1ncc3ccccc3c1-c1cccnc1)c1cnccc12.O=C(C1CCNCC1)N1CCC2(CC1)C(=O)N(Cc1ncc3ccccc3c1-c1cccnc1)c1cnccc12. The predicted molar refractivity (Wildman–Crippen MR) is 361 cm³/mol. The maximum atomic E-state index is 14.4. The van der Waals surface area contributed by atoms with Crippen molar-refractivity contribution in [3.8, 4) is 22.3 Å². The van der Waals surface area contributed by atoms with Gasteiger partial charge in [0, 0.05) is 128 Å². The molecule has 2 N–H and O–H groups in total. The number of likely N-dealkylation sites (tertiary alicyclic amines) is 3. The summed E-state index contributed by atoms with van der Waals surface area (Å²) in [6.07, 6.45) is 22.5. The van der Waals surface area contributed by atoms with Crippen LogP contribution in [-0.2, 0) is 52.6 Å². The Morgan fingerprint density at radius 3 is 1.35 bits per heavy atom. The number of nitrogens with one attached hydrogen (secondary N) is 1. The molecule has 95 heavy (non-hydrogen) atoms. The number of nitrogens with zero attached hydrogens (tertiary/aromatic N) is 11. The lowest BCUT2D eigenvalue weighted by atomic mass is 9.73. The standard InChI is InChI=1S/C32H32N6O2.C31H31N5O3.C11H19NO4/c39-30(22-7-13-33-14-8-22)37-16-10-32(11-17-37)26-9-15-35-20-28(26)38(31(32)40)21-27-29(24-5-3-12-34-18-24)25-6-2-1-4-23(25)19-36-27;1-30(2,3)39-29(38)35-15-11-31(12-16-35)24-10-14-33-19-26(24)36(28(31)37)20-25-27(22-8-6-13-32-17-22)23-9-5-4-7-21(23)18-34-25;1-11(2,3)16-10(15)12-6-4-8(5-7-12)9(13)14/h1-6,9,12,15,18-20,22,33H,7-8,10-11,13-14,16-17,21H2;4-10,13-14,17-19H,11-12,15-16,20H2,1-3H3;8H,4-7H2,1-3H3,(H,13,14). The molecule has 2 aromatic carbocycles. The molecule has 21 nitrogen and oxygen atoms in total. The van der Waals surface area contributed by atoms with E-state index in [0.29, 0.717) is 90.9 Å². The maximum Gasteiger partial charge on any atom is 0.410 e. The molecule has 0 atom stereocenters. The number of anilines is 2. The monoisotopic (exact) mass is 1280 g/mol. The molecule has 0 radical (unpaired) electrons. The number of hydrogen-bond acceptors (Lipinski definition) is 15. The molecule has 6 aliphatic rings. The predicted octanol–water partition coefficient (Wildman–Crippen LogP) is 11.3. The van der Waals surface area contributed by atoms with Gasteiger partial charge in [0.15, 0.2) is 0 Å². The third-order valence-electron chi connectivity index (χ3n) is 19.2. The molecule has 4 saturated heterocycles. The number of rotatable bonds is 8. The number of ether oxygens (including phenoxy) is 2. The number of carbonyl (C=O) groups excluding carboxylic acids is 5. The van der Waals surface area contributed by atoms with Gasteiger partial charge in [-0.25, -0.2) is 9.59 Å². The summed E-state index contributed by atoms with van der Waals surface area (Å²) in [5, 5.41) is 16.4. The van der Waals surface area contributed by atoms with Gasteiger partial charge in [0.2, 0.25) is 17.7 Å². The minimum absolute atomic E-state index is 0.0291. The highest BCUT2D eigenvalue weighted by Crippen LogP contribution is 2.51. The second kappa shape index (κ2) is 27.3. The molecular weight excluding hydrogens is 1200 g/mol. The molecule has 2 spiro atoms. The van der Waals surface area contributed by atoms with E-state index in [1.54, 1.807) is 47.0 Å². The van der Waals surface area contributed by atoms with E-state index in [9.17, 15) is 28.8 Å². The van der Waals surface area contributed by atoms with Gasteiger partial charge >= 0.3 is 18.2 Å². The number of amides is 5. The van der Waals surface area contributed by atoms with Crippen molar-refractivity contribution in [1.29, 1.82) is 0 Å². The number of piperidine rings is 4. The molecule has 8 aromatic rings. The van der Waals surface area contributed by atoms with E-state index in [4.69, 9.17) is 24.5 Å². The first kappa shape index (κ1) is 65.3. The van der Waals surface area contributed by atoms with E-state index < -0.39 is 28.0 Å². The van der Waals surface area contributed by atoms with Crippen LogP contribution in [0.15, 0.2) is 147 Å². The van der Waals surface area contributed by atoms with Gasteiger partial charge in [-0.2, -0.15) is 0 Å². The highest BCUT2D eigenvalue weighted by atomic mass is 16.6. The molecule has 12 heterocycles. The summed E-state index contributed by atoms with van der Waals surface area (Å²) in [4.78, 5) is 113. The van der Waals surface area contributed by atoms with Gasteiger partial charge in [-0.05, 0) is 152 Å². The van der Waals surface area contributed by atoms with Crippen molar-refractivity contribution in [1.82, 2.24) is 49.9 Å². The Labute approximate surface area is 553 Å². The van der Waals surface area contributed by atoms with Gasteiger partial charge in [-0.1, -0.05) is 60.7 Å². The Hall–Kier alpha value is -9.76. The molecule has 6 aliphatic heterocycles. The summed E-state index contributed by atoms with van der Waals surface area (Å²) in [6.45, 7) is 16.5. The van der Waals surface area contributed by atoms with Gasteiger partial charge in [0.25, 0.3) is 0 Å². The number of benzene rings is 2. The van der Waals surface area contributed by atoms with Crippen LogP contribution in [0, 0.1) is 11.8 Å². The number of hydrogen-bond donors (Lipinski definition) is 2. The lowest BCUT2D eigenvalue weighted by molar-refractivity contribution is -0.143. The number of carbonyl (C=O) groups is 6. The topological polar surface area (TPSA) is 247 Å². The summed E-state index contributed by atoms with van der Waals surface area (Å²) in [5.41, 5.74) is 6.74. The van der Waals surface area contributed by atoms with Crippen LogP contribution in [0.1, 0.15) is 115 Å². The van der Waals surface area contributed by atoms with Crippen LogP contribution in [0.5, 0.6) is 0 Å². The second-order valence-corrected chi connectivity index (χ2v) is 27.4. The Balaban J connectivity index is 0.000000149. The molecule has 0 unspecified atom stereocenters. The van der Waals surface area contributed by atoms with Gasteiger partial charge in [0.1, 0.15) is 11.2 Å². The second-order valence-electron chi connectivity index (χ2n) is 27.4. The van der Waals surface area contributed by atoms with Crippen LogP contribution >= 0.6 is 0 Å². The average Bonchev–Trinajstić information content (AvgIpc) is 1.59. The molecule has 21 heteroatoms. The normalized spacial score (nSPS) is 17.8. The average molecular weight is 1280 g/mol. The molecule has 0 bridgehead atoms. The van der Waals surface area contributed by atoms with Gasteiger partial charge in [-0.3, -0.25) is 49.1 Å². The third kappa shape index (κ3) is 13.7. The molecule has 0 saturated carbocycles. The van der Waals surface area contributed by atoms with E-state index >= 15 is 0 Å². The van der Waals surface area contributed by atoms with Crippen LogP contribution in [0.25, 0.3) is 43.8 Å². The number of pyridine rings is 6. The van der Waals surface area contributed by atoms with Crippen LogP contribution < -0.4 is 15.1 Å². The lowest BCUT2D eigenvalue weighted by Gasteiger charge is -2.40. The first-order valence-corrected chi connectivity index (χ1v) is 33.0. The van der Waals surface area contributed by atoms with E-state index in [0.717, 1.165) is 104 Å². The van der Waals surface area contributed by atoms with E-state index in [2.05, 4.69) is 43.5 Å². The molecule has 492 valence electrons. The fourth-order valence-electron chi connectivity index (χ4n) is 14.3. The number of aromatic nitrogens is 6. The molecule has 4 fully saturated rings. The Morgan fingerprint density at radius 2 is 0.926 bits per heavy atom. The number of carboxylic acid groups (broad SMARTS) is 1. The quantitative estimate of drug-likeness (QED) is 0.144. The van der Waals surface area contributed by atoms with Gasteiger partial charge in [-0.15, -0.1) is 0 Å². The van der Waals surface area contributed by atoms with Crippen LogP contribution in [0.2, 0.25) is 0 Å². The van der Waals surface area contributed by atoms with Crippen molar-refractivity contribution in [2.45, 2.75) is 128 Å². The Kier molecular flexibility index (Phi) is 18.8. The minimum Gasteiger partial charge on any atom is -0.481 e. The highest BCUT2D eigenvalue weighted by molar-refractivity contribution is 6.10. The zero-order valence-corrected chi connectivity index (χ0v) is 54.9. The van der Waals surface area contributed by atoms with Crippen molar-refractivity contribution >= 4 is 68.8 Å². The molecular formula is C74H82N12O9. The third-order valence-corrected chi connectivity index (χ3v) is 19.2. The summed E-state index contributed by atoms with van der Waals surface area (Å²) in [7, 11) is 0. The molecule has 6 aromatic heterocycles. The fourth-order valence-corrected chi connectivity index (χ4v) is 14.3. The minimum atomic E-state index is -0.774. The zero-order chi connectivity index (χ0) is 66.7. The number of carboxylic acids is 1. The van der Waals surface area contributed by atoms with E-state index in [-0.39, 0.29) is 41.7 Å². The molecule has 0 aliphatic carbocycles. The molecule has 5 amide bonds. The Morgan fingerprint density at radius 1 is 0.505 bits per heavy atom. The summed E-state index contributed by atoms with van der Waals surface area (Å²) in [6, 6.07) is 28.2. The summed E-state index contributed by atoms with van der Waals surface area (Å²) in [5.74, 6) is -0.650. The van der Waals surface area contributed by atoms with Gasteiger partial charge < -0.3 is 44.4 Å². The largest absolute Gasteiger partial charge is 0.481 e. The summed E-state index contributed by atoms with van der Waals surface area (Å²) < 4.78 is 10.8. The first-order valence-electron chi connectivity index (χ1n) is 33.0. The van der Waals surface area contributed by atoms with Crippen LogP contribution in [0.3, 0.4) is 0 Å². The van der Waals surface area contributed by atoms with Crippen molar-refractivity contribution in [2.75, 3.05) is 62.2 Å². The number of fused-ring (bicyclic) bond motifs is 6. The van der Waals surface area contributed by atoms with Crippen molar-refractivity contribution in [2.24, 2.45) is 11.8 Å². The number of aliphatic carboxylic acids is 1. The fraction of sp³-hybridized carbons (Fsp3) is 0.405. The van der Waals surface area contributed by atoms with Crippen LogP contribution in [-0.4, -0.2) is 149 Å². The summed E-state index contributed by atoms with van der Waals surface area (Å²) >= 11 is 0. The van der Waals surface area contributed by atoms with Crippen LogP contribution in [0.4, 0.5) is 21.0 Å². The van der Waals surface area contributed by atoms with Crippen molar-refractivity contribution in [3.05, 3.63) is 169 Å². The van der Waals surface area contributed by atoms with Crippen molar-refractivity contribution in [3.63, 3.8) is 0 Å². The lowest BCUT2D eigenvalue weighted by Crippen LogP contribution is -2.51. The van der Waals surface area contributed by atoms with Crippen molar-refractivity contribution < 1.29 is 43.3 Å². The maximum absolute atomic E-state index is 14.4. The smallest absolute Gasteiger partial charge is 0.410 e. The highest BCUT2D eigenvalue weighted by Gasteiger charge is 2.55. The first-order chi connectivity index (χ1) is 45.7. The van der Waals surface area contributed by atoms with E-state index in [1.807, 2.05) is 148 Å². The molecule has 14 rings (SSSR count). The van der Waals surface area contributed by atoms with Gasteiger partial charge in [0.05, 0.1) is 65.0 Å². The van der Waals surface area contributed by atoms with E-state index in [1.165, 1.54) is 0 Å². The Bertz CT molecular complexity index is 4150. The zero-order valence-electron chi connectivity index (χ0n) is 54.9.